The minimum atomic E-state index is -0.223. The highest BCUT2D eigenvalue weighted by atomic mass is 19.1. The summed E-state index contributed by atoms with van der Waals surface area (Å²) in [5.74, 6) is 0.130. The van der Waals surface area contributed by atoms with E-state index in [4.69, 9.17) is 0 Å². The van der Waals surface area contributed by atoms with Crippen molar-refractivity contribution in [2.75, 3.05) is 13.1 Å². The molecule has 2 aliphatic rings. The van der Waals surface area contributed by atoms with Crippen LogP contribution >= 0.6 is 0 Å². The number of H-pyrrole nitrogens is 1. The van der Waals surface area contributed by atoms with Crippen LogP contribution in [0.3, 0.4) is 0 Å². The highest BCUT2D eigenvalue weighted by molar-refractivity contribution is 5.84. The summed E-state index contributed by atoms with van der Waals surface area (Å²) in [4.78, 5) is 10.1. The van der Waals surface area contributed by atoms with Crippen molar-refractivity contribution in [3.63, 3.8) is 0 Å². The van der Waals surface area contributed by atoms with E-state index in [1.54, 1.807) is 0 Å². The number of nitrogens with one attached hydrogen (secondary N) is 1. The van der Waals surface area contributed by atoms with E-state index in [2.05, 4.69) is 33.7 Å². The first-order valence-corrected chi connectivity index (χ1v) is 9.69. The Bertz CT molecular complexity index is 1050. The summed E-state index contributed by atoms with van der Waals surface area (Å²) in [5.41, 5.74) is 8.30. The fourth-order valence-electron chi connectivity index (χ4n) is 4.44. The Labute approximate surface area is 164 Å². The van der Waals surface area contributed by atoms with Gasteiger partial charge in [0, 0.05) is 55.3 Å². The minimum absolute atomic E-state index is 0.223. The third-order valence-corrected chi connectivity index (χ3v) is 5.77. The molecule has 0 bridgehead atoms. The zero-order valence-corrected chi connectivity index (χ0v) is 15.7. The lowest BCUT2D eigenvalue weighted by atomic mass is 9.87. The van der Waals surface area contributed by atoms with Gasteiger partial charge in [-0.05, 0) is 59.5 Å². The van der Waals surface area contributed by atoms with Crippen LogP contribution < -0.4 is 0 Å². The summed E-state index contributed by atoms with van der Waals surface area (Å²) in [5, 5.41) is 0. The Morgan fingerprint density at radius 1 is 1.07 bits per heavy atom. The van der Waals surface area contributed by atoms with Crippen LogP contribution in [-0.2, 0) is 0 Å². The van der Waals surface area contributed by atoms with Crippen molar-refractivity contribution < 1.29 is 4.39 Å². The van der Waals surface area contributed by atoms with Gasteiger partial charge in [0.2, 0.25) is 0 Å². The van der Waals surface area contributed by atoms with Crippen LogP contribution in [0, 0.1) is 5.82 Å². The highest BCUT2D eigenvalue weighted by Crippen LogP contribution is 2.42. The topological polar surface area (TPSA) is 31.9 Å². The summed E-state index contributed by atoms with van der Waals surface area (Å²) in [6, 6.07) is 10.8. The molecule has 0 aliphatic carbocycles. The number of hydrogen-bond acceptors (Lipinski definition) is 2. The minimum Gasteiger partial charge on any atom is -0.371 e. The maximum atomic E-state index is 13.4. The quantitative estimate of drug-likeness (QED) is 0.615. The van der Waals surface area contributed by atoms with Crippen LogP contribution in [0.2, 0.25) is 0 Å². The Balaban J connectivity index is 1.63. The summed E-state index contributed by atoms with van der Waals surface area (Å²) < 4.78 is 13.4. The van der Waals surface area contributed by atoms with Crippen LogP contribution in [0.15, 0.2) is 78.9 Å². The van der Waals surface area contributed by atoms with Crippen LogP contribution in [0.4, 0.5) is 4.39 Å². The number of pyridine rings is 1. The van der Waals surface area contributed by atoms with E-state index in [0.717, 1.165) is 42.8 Å². The molecular weight excluding hydrogens is 349 g/mol. The molecule has 140 valence electrons. The Morgan fingerprint density at radius 2 is 1.86 bits per heavy atom. The average Bonchev–Trinajstić information content (AvgIpc) is 3.31. The summed E-state index contributed by atoms with van der Waals surface area (Å²) in [6.45, 7) is 6.21. The average molecular weight is 371 g/mol. The second-order valence-corrected chi connectivity index (χ2v) is 7.64. The van der Waals surface area contributed by atoms with Gasteiger partial charge >= 0.3 is 0 Å². The lowest BCUT2D eigenvalue weighted by Crippen LogP contribution is -2.25. The number of allylic oxidation sites excluding steroid dienone is 2. The van der Waals surface area contributed by atoms with Crippen molar-refractivity contribution in [2.24, 2.45) is 0 Å². The van der Waals surface area contributed by atoms with E-state index in [9.17, 15) is 4.39 Å². The predicted molar refractivity (Wildman–Crippen MR) is 110 cm³/mol. The molecular formula is C24H22FN3. The normalized spacial score (nSPS) is 18.9. The maximum Gasteiger partial charge on any atom is 0.123 e. The number of fused-ring (bicyclic) bond motifs is 1. The Kier molecular flexibility index (Phi) is 4.12. The molecule has 3 nitrogen and oxygen atoms in total. The van der Waals surface area contributed by atoms with Crippen LogP contribution in [0.5, 0.6) is 0 Å². The molecule has 0 saturated carbocycles. The zero-order chi connectivity index (χ0) is 19.1. The lowest BCUT2D eigenvalue weighted by molar-refractivity contribution is 0.364. The van der Waals surface area contributed by atoms with E-state index in [1.165, 1.54) is 34.5 Å². The van der Waals surface area contributed by atoms with Gasteiger partial charge in [-0.2, -0.15) is 0 Å². The zero-order valence-electron chi connectivity index (χ0n) is 15.7. The standard InChI is InChI=1S/C24H22FN3/c1-16-12-21-13-19(8-11-28(21)15-16)22-14-27-24(18-2-4-20(25)5-3-18)23(22)17-6-9-26-10-7-17/h2-7,9-10,13-14,19,27H,1,8,11-12,15H2. The summed E-state index contributed by atoms with van der Waals surface area (Å²) >= 11 is 0. The van der Waals surface area contributed by atoms with Gasteiger partial charge in [0.1, 0.15) is 5.82 Å². The lowest BCUT2D eigenvalue weighted by Gasteiger charge is -2.29. The Morgan fingerprint density at radius 3 is 2.64 bits per heavy atom. The second-order valence-electron chi connectivity index (χ2n) is 7.64. The second kappa shape index (κ2) is 6.79. The number of aromatic amines is 1. The van der Waals surface area contributed by atoms with Gasteiger partial charge in [0.25, 0.3) is 0 Å². The van der Waals surface area contributed by atoms with Gasteiger partial charge in [-0.25, -0.2) is 4.39 Å². The molecule has 4 heteroatoms. The summed E-state index contributed by atoms with van der Waals surface area (Å²) in [7, 11) is 0. The SMILES string of the molecule is C=C1CC2=CC(c3c[nH]c(-c4ccc(F)cc4)c3-c3ccncc3)CCN2C1. The monoisotopic (exact) mass is 371 g/mol. The van der Waals surface area contributed by atoms with Crippen LogP contribution in [-0.4, -0.2) is 28.0 Å². The molecule has 4 heterocycles. The van der Waals surface area contributed by atoms with Crippen LogP contribution in [0.1, 0.15) is 24.3 Å². The number of rotatable bonds is 3. The predicted octanol–water partition coefficient (Wildman–Crippen LogP) is 5.52. The molecule has 1 N–H and O–H groups in total. The molecule has 1 fully saturated rings. The molecule has 0 spiro atoms. The fourth-order valence-corrected chi connectivity index (χ4v) is 4.44. The number of nitrogens with zero attached hydrogens (tertiary/aromatic N) is 2. The number of benzene rings is 1. The van der Waals surface area contributed by atoms with E-state index >= 15 is 0 Å². The fraction of sp³-hybridized carbons (Fsp3) is 0.208. The molecule has 0 amide bonds. The van der Waals surface area contributed by atoms with E-state index < -0.39 is 0 Å². The van der Waals surface area contributed by atoms with E-state index in [0.29, 0.717) is 5.92 Å². The first-order chi connectivity index (χ1) is 13.7. The molecule has 5 rings (SSSR count). The van der Waals surface area contributed by atoms with Gasteiger partial charge in [-0.3, -0.25) is 4.98 Å². The first kappa shape index (κ1) is 17.0. The molecule has 0 radical (unpaired) electrons. The van der Waals surface area contributed by atoms with E-state index in [-0.39, 0.29) is 5.82 Å². The highest BCUT2D eigenvalue weighted by Gasteiger charge is 2.29. The Hall–Kier alpha value is -3.14. The van der Waals surface area contributed by atoms with Gasteiger partial charge in [-0.15, -0.1) is 0 Å². The van der Waals surface area contributed by atoms with Crippen molar-refractivity contribution in [3.8, 4) is 22.4 Å². The molecule has 3 aromatic rings. The molecule has 2 aliphatic heterocycles. The van der Waals surface area contributed by atoms with Gasteiger partial charge in [-0.1, -0.05) is 18.2 Å². The molecule has 1 saturated heterocycles. The first-order valence-electron chi connectivity index (χ1n) is 9.69. The third-order valence-electron chi connectivity index (χ3n) is 5.77. The van der Waals surface area contributed by atoms with E-state index in [1.807, 2.05) is 36.7 Å². The number of hydrogen-bond donors (Lipinski definition) is 1. The molecule has 28 heavy (non-hydrogen) atoms. The van der Waals surface area contributed by atoms with Gasteiger partial charge in [0.05, 0.1) is 5.69 Å². The van der Waals surface area contributed by atoms with Crippen molar-refractivity contribution in [3.05, 3.63) is 90.3 Å². The van der Waals surface area contributed by atoms with Crippen molar-refractivity contribution in [2.45, 2.75) is 18.8 Å². The number of aromatic nitrogens is 2. The molecule has 2 aromatic heterocycles. The van der Waals surface area contributed by atoms with Crippen molar-refractivity contribution >= 4 is 0 Å². The maximum absolute atomic E-state index is 13.4. The van der Waals surface area contributed by atoms with Gasteiger partial charge in [0.15, 0.2) is 0 Å². The van der Waals surface area contributed by atoms with Crippen molar-refractivity contribution in [1.82, 2.24) is 14.9 Å². The largest absolute Gasteiger partial charge is 0.371 e. The number of halogens is 1. The van der Waals surface area contributed by atoms with Crippen molar-refractivity contribution in [1.29, 1.82) is 0 Å². The summed E-state index contributed by atoms with van der Waals surface area (Å²) in [6.07, 6.45) is 10.2. The molecule has 1 aromatic carbocycles. The van der Waals surface area contributed by atoms with Gasteiger partial charge < -0.3 is 9.88 Å². The smallest absolute Gasteiger partial charge is 0.123 e. The molecule has 1 unspecified atom stereocenters. The molecule has 1 atom stereocenters. The van der Waals surface area contributed by atoms with Crippen LogP contribution in [0.25, 0.3) is 22.4 Å². The third kappa shape index (κ3) is 2.95.